The zero-order chi connectivity index (χ0) is 19.3. The van der Waals surface area contributed by atoms with Gasteiger partial charge in [-0.05, 0) is 60.0 Å². The van der Waals surface area contributed by atoms with Crippen molar-refractivity contribution in [1.29, 1.82) is 0 Å². The SMILES string of the molecule is O=C([O-])c1ccc(OCc2nc3ccccn3c2C#Cc2ccccc2)cc1.[Na+]. The maximum atomic E-state index is 10.8. The number of hydrogen-bond acceptors (Lipinski definition) is 4. The van der Waals surface area contributed by atoms with E-state index in [1.165, 1.54) is 12.1 Å². The van der Waals surface area contributed by atoms with Gasteiger partial charge in [0.05, 0.1) is 5.97 Å². The third-order valence-corrected chi connectivity index (χ3v) is 4.17. The van der Waals surface area contributed by atoms with Crippen LogP contribution < -0.4 is 39.4 Å². The van der Waals surface area contributed by atoms with Crippen LogP contribution in [0.15, 0.2) is 79.0 Å². The number of ether oxygens (including phenoxy) is 1. The van der Waals surface area contributed by atoms with Gasteiger partial charge in [0.2, 0.25) is 0 Å². The first kappa shape index (κ1) is 20.7. The van der Waals surface area contributed by atoms with E-state index in [1.807, 2.05) is 59.1 Å². The van der Waals surface area contributed by atoms with Gasteiger partial charge in [-0.15, -0.1) is 0 Å². The Kier molecular flexibility index (Phi) is 6.73. The van der Waals surface area contributed by atoms with Crippen LogP contribution in [0, 0.1) is 11.8 Å². The van der Waals surface area contributed by atoms with Crippen LogP contribution in [0.1, 0.15) is 27.3 Å². The van der Waals surface area contributed by atoms with Crippen LogP contribution in [-0.2, 0) is 6.61 Å². The Morgan fingerprint density at radius 1 is 0.966 bits per heavy atom. The predicted molar refractivity (Wildman–Crippen MR) is 103 cm³/mol. The molecule has 6 heteroatoms. The number of aromatic carboxylic acids is 1. The number of carboxylic acid groups (broad SMARTS) is 1. The number of nitrogens with zero attached hydrogens (tertiary/aromatic N) is 2. The molecule has 0 amide bonds. The van der Waals surface area contributed by atoms with Crippen molar-refractivity contribution in [3.05, 3.63) is 102 Å². The largest absolute Gasteiger partial charge is 1.00 e. The molecule has 4 rings (SSSR count). The van der Waals surface area contributed by atoms with Gasteiger partial charge in [0.25, 0.3) is 0 Å². The van der Waals surface area contributed by atoms with Gasteiger partial charge in [0, 0.05) is 11.8 Å². The van der Waals surface area contributed by atoms with Crippen LogP contribution in [0.4, 0.5) is 0 Å². The second-order valence-electron chi connectivity index (χ2n) is 6.05. The molecule has 2 aromatic heterocycles. The zero-order valence-electron chi connectivity index (χ0n) is 15.8. The van der Waals surface area contributed by atoms with Crippen molar-refractivity contribution in [1.82, 2.24) is 9.38 Å². The third kappa shape index (κ3) is 4.87. The zero-order valence-corrected chi connectivity index (χ0v) is 17.8. The Morgan fingerprint density at radius 3 is 2.41 bits per heavy atom. The second-order valence-corrected chi connectivity index (χ2v) is 6.05. The van der Waals surface area contributed by atoms with E-state index >= 15 is 0 Å². The summed E-state index contributed by atoms with van der Waals surface area (Å²) in [6.07, 6.45) is 1.91. The van der Waals surface area contributed by atoms with Crippen LogP contribution in [-0.4, -0.2) is 15.4 Å². The van der Waals surface area contributed by atoms with E-state index in [9.17, 15) is 9.90 Å². The molecule has 0 aliphatic carbocycles. The van der Waals surface area contributed by atoms with Crippen molar-refractivity contribution in [3.8, 4) is 17.6 Å². The molecule has 0 aliphatic heterocycles. The predicted octanol–water partition coefficient (Wildman–Crippen LogP) is -0.319. The summed E-state index contributed by atoms with van der Waals surface area (Å²) < 4.78 is 7.72. The first-order valence-electron chi connectivity index (χ1n) is 8.68. The Morgan fingerprint density at radius 2 is 1.69 bits per heavy atom. The van der Waals surface area contributed by atoms with Gasteiger partial charge in [-0.2, -0.15) is 0 Å². The van der Waals surface area contributed by atoms with Gasteiger partial charge < -0.3 is 14.6 Å². The minimum Gasteiger partial charge on any atom is -0.545 e. The maximum absolute atomic E-state index is 10.8. The fourth-order valence-corrected chi connectivity index (χ4v) is 2.77. The van der Waals surface area contributed by atoms with E-state index in [0.29, 0.717) is 11.4 Å². The van der Waals surface area contributed by atoms with Crippen LogP contribution in [0.3, 0.4) is 0 Å². The van der Waals surface area contributed by atoms with Crippen LogP contribution in [0.5, 0.6) is 5.75 Å². The normalized spacial score (nSPS) is 9.93. The number of aromatic nitrogens is 2. The molecule has 0 fully saturated rings. The van der Waals surface area contributed by atoms with Crippen molar-refractivity contribution in [3.63, 3.8) is 0 Å². The van der Waals surface area contributed by atoms with Gasteiger partial charge in [0.15, 0.2) is 0 Å². The molecule has 0 aliphatic rings. The van der Waals surface area contributed by atoms with E-state index in [-0.39, 0.29) is 41.7 Å². The molecule has 0 N–H and O–H groups in total. The summed E-state index contributed by atoms with van der Waals surface area (Å²) in [4.78, 5) is 15.5. The molecule has 0 saturated carbocycles. The summed E-state index contributed by atoms with van der Waals surface area (Å²) in [6.45, 7) is 0.213. The fraction of sp³-hybridized carbons (Fsp3) is 0.0435. The van der Waals surface area contributed by atoms with E-state index in [4.69, 9.17) is 4.74 Å². The molecule has 0 bridgehead atoms. The number of pyridine rings is 1. The summed E-state index contributed by atoms with van der Waals surface area (Å²) in [7, 11) is 0. The summed E-state index contributed by atoms with van der Waals surface area (Å²) >= 11 is 0. The molecule has 0 unspecified atom stereocenters. The number of carbonyl (C=O) groups is 1. The molecule has 5 nitrogen and oxygen atoms in total. The first-order chi connectivity index (χ1) is 13.7. The van der Waals surface area contributed by atoms with Gasteiger partial charge in [-0.25, -0.2) is 4.98 Å². The summed E-state index contributed by atoms with van der Waals surface area (Å²) in [6, 6.07) is 21.6. The smallest absolute Gasteiger partial charge is 0.545 e. The number of hydrogen-bond donors (Lipinski definition) is 0. The van der Waals surface area contributed by atoms with E-state index in [1.54, 1.807) is 12.1 Å². The van der Waals surface area contributed by atoms with Crippen molar-refractivity contribution in [2.45, 2.75) is 6.61 Å². The van der Waals surface area contributed by atoms with E-state index < -0.39 is 5.97 Å². The van der Waals surface area contributed by atoms with Crippen molar-refractivity contribution < 1.29 is 44.2 Å². The van der Waals surface area contributed by atoms with Crippen LogP contribution in [0.2, 0.25) is 0 Å². The standard InChI is InChI=1S/C23H16N2O3.Na/c26-23(27)18-10-12-19(13-11-18)28-16-20-21(14-9-17-6-2-1-3-7-17)25-15-5-4-8-22(25)24-20;/h1-8,10-13,15H,16H2,(H,26,27);/q;+1/p-1. The number of fused-ring (bicyclic) bond motifs is 1. The molecule has 29 heavy (non-hydrogen) atoms. The molecule has 0 saturated heterocycles. The monoisotopic (exact) mass is 390 g/mol. The van der Waals surface area contributed by atoms with Crippen molar-refractivity contribution in [2.75, 3.05) is 0 Å². The average Bonchev–Trinajstić information content (AvgIpc) is 3.09. The minimum absolute atomic E-state index is 0. The molecule has 2 aromatic carbocycles. The van der Waals surface area contributed by atoms with Gasteiger partial charge in [-0.3, -0.25) is 4.40 Å². The fourth-order valence-electron chi connectivity index (χ4n) is 2.77. The van der Waals surface area contributed by atoms with Crippen molar-refractivity contribution >= 4 is 11.6 Å². The van der Waals surface area contributed by atoms with E-state index in [0.717, 1.165) is 16.9 Å². The average molecular weight is 390 g/mol. The molecule has 0 radical (unpaired) electrons. The molecule has 2 heterocycles. The number of carbonyl (C=O) groups excluding carboxylic acids is 1. The van der Waals surface area contributed by atoms with Crippen molar-refractivity contribution in [2.24, 2.45) is 0 Å². The van der Waals surface area contributed by atoms with Gasteiger partial charge >= 0.3 is 29.6 Å². The number of carboxylic acids is 1. The van der Waals surface area contributed by atoms with Gasteiger partial charge in [0.1, 0.15) is 29.4 Å². The summed E-state index contributed by atoms with van der Waals surface area (Å²) in [5.41, 5.74) is 3.27. The molecule has 0 atom stereocenters. The van der Waals surface area contributed by atoms with Crippen LogP contribution >= 0.6 is 0 Å². The molecule has 0 spiro atoms. The Bertz CT molecular complexity index is 1190. The minimum atomic E-state index is -1.22. The molecular weight excluding hydrogens is 375 g/mol. The Hall–Kier alpha value is -3.04. The number of imidazole rings is 1. The Labute approximate surface area is 190 Å². The number of rotatable bonds is 4. The Balaban J connectivity index is 0.00000240. The van der Waals surface area contributed by atoms with Crippen LogP contribution in [0.25, 0.3) is 5.65 Å². The molecule has 4 aromatic rings. The third-order valence-electron chi connectivity index (χ3n) is 4.17. The van der Waals surface area contributed by atoms with E-state index in [2.05, 4.69) is 16.8 Å². The summed E-state index contributed by atoms with van der Waals surface area (Å²) in [5, 5.41) is 10.8. The first-order valence-corrected chi connectivity index (χ1v) is 8.68. The summed E-state index contributed by atoms with van der Waals surface area (Å²) in [5.74, 6) is 5.68. The molecular formula is C23H15N2NaO3. The number of benzene rings is 2. The maximum Gasteiger partial charge on any atom is 1.00 e. The quantitative estimate of drug-likeness (QED) is 0.354. The van der Waals surface area contributed by atoms with Gasteiger partial charge in [-0.1, -0.05) is 30.2 Å². The molecule has 136 valence electrons. The topological polar surface area (TPSA) is 66.7 Å². The second kappa shape index (κ2) is 9.44.